The van der Waals surface area contributed by atoms with E-state index in [-0.39, 0.29) is 24.4 Å². The first-order chi connectivity index (χ1) is 13.7. The minimum Gasteiger partial charge on any atom is -0.492 e. The second-order valence-corrected chi connectivity index (χ2v) is 8.70. The summed E-state index contributed by atoms with van der Waals surface area (Å²) in [6.45, 7) is 5.98. The van der Waals surface area contributed by atoms with Crippen molar-refractivity contribution in [2.45, 2.75) is 77.4 Å². The Balaban J connectivity index is 2.02. The van der Waals surface area contributed by atoms with Crippen LogP contribution in [0.5, 0.6) is 5.75 Å². The van der Waals surface area contributed by atoms with Crippen LogP contribution in [0.1, 0.15) is 87.7 Å². The SMILES string of the molecule is COC(=O)c1cc(C(O)CCC(=O)OC(C)(C)C)ccc1OCC1CCCCC1. The molecule has 1 aliphatic rings. The van der Waals surface area contributed by atoms with Crippen molar-refractivity contribution in [1.29, 1.82) is 0 Å². The Morgan fingerprint density at radius 2 is 1.86 bits per heavy atom. The highest BCUT2D eigenvalue weighted by molar-refractivity contribution is 5.92. The molecule has 0 amide bonds. The van der Waals surface area contributed by atoms with E-state index in [0.29, 0.717) is 23.8 Å². The van der Waals surface area contributed by atoms with Crippen molar-refractivity contribution >= 4 is 11.9 Å². The molecule has 1 unspecified atom stereocenters. The molecule has 6 heteroatoms. The molecule has 0 radical (unpaired) electrons. The van der Waals surface area contributed by atoms with Crippen LogP contribution < -0.4 is 4.74 Å². The van der Waals surface area contributed by atoms with E-state index >= 15 is 0 Å². The third-order valence-electron chi connectivity index (χ3n) is 5.03. The smallest absolute Gasteiger partial charge is 0.341 e. The number of hydrogen-bond acceptors (Lipinski definition) is 6. The largest absolute Gasteiger partial charge is 0.492 e. The molecule has 0 aromatic heterocycles. The van der Waals surface area contributed by atoms with E-state index in [1.54, 1.807) is 39.0 Å². The van der Waals surface area contributed by atoms with Gasteiger partial charge in [0.15, 0.2) is 0 Å². The minimum absolute atomic E-state index is 0.0892. The highest BCUT2D eigenvalue weighted by atomic mass is 16.6. The standard InChI is InChI=1S/C23H34O6/c1-23(2,3)29-21(25)13-11-19(24)17-10-12-20(18(14-17)22(26)27-4)28-15-16-8-6-5-7-9-16/h10,12,14,16,19,24H,5-9,11,13,15H2,1-4H3. The van der Waals surface area contributed by atoms with Crippen LogP contribution in [0.25, 0.3) is 0 Å². The number of aliphatic hydroxyl groups is 1. The highest BCUT2D eigenvalue weighted by Crippen LogP contribution is 2.29. The van der Waals surface area contributed by atoms with Gasteiger partial charge in [-0.3, -0.25) is 4.79 Å². The molecule has 29 heavy (non-hydrogen) atoms. The molecule has 0 heterocycles. The van der Waals surface area contributed by atoms with Crippen LogP contribution in [0.3, 0.4) is 0 Å². The van der Waals surface area contributed by atoms with Crippen molar-refractivity contribution in [1.82, 2.24) is 0 Å². The quantitative estimate of drug-likeness (QED) is 0.636. The third-order valence-corrected chi connectivity index (χ3v) is 5.03. The molecule has 0 saturated heterocycles. The predicted octanol–water partition coefficient (Wildman–Crippen LogP) is 4.59. The van der Waals surface area contributed by atoms with Crippen LogP contribution in [-0.4, -0.2) is 36.4 Å². The maximum atomic E-state index is 12.2. The van der Waals surface area contributed by atoms with Gasteiger partial charge in [-0.1, -0.05) is 25.3 Å². The van der Waals surface area contributed by atoms with Gasteiger partial charge in [-0.25, -0.2) is 4.79 Å². The average molecular weight is 407 g/mol. The van der Waals surface area contributed by atoms with Gasteiger partial charge in [-0.05, 0) is 63.6 Å². The molecule has 1 aromatic carbocycles. The molecule has 1 aliphatic carbocycles. The van der Waals surface area contributed by atoms with E-state index in [0.717, 1.165) is 12.8 Å². The summed E-state index contributed by atoms with van der Waals surface area (Å²) in [5.41, 5.74) is 0.272. The lowest BCUT2D eigenvalue weighted by atomic mass is 9.90. The summed E-state index contributed by atoms with van der Waals surface area (Å²) in [5, 5.41) is 10.5. The Bertz CT molecular complexity index is 685. The number of methoxy groups -OCH3 is 1. The summed E-state index contributed by atoms with van der Waals surface area (Å²) in [6, 6.07) is 5.01. The second-order valence-electron chi connectivity index (χ2n) is 8.70. The monoisotopic (exact) mass is 406 g/mol. The maximum Gasteiger partial charge on any atom is 0.341 e. The van der Waals surface area contributed by atoms with Gasteiger partial charge < -0.3 is 19.3 Å². The van der Waals surface area contributed by atoms with Crippen molar-refractivity contribution in [3.8, 4) is 5.75 Å². The fraction of sp³-hybridized carbons (Fsp3) is 0.652. The van der Waals surface area contributed by atoms with E-state index in [9.17, 15) is 14.7 Å². The molecule has 1 N–H and O–H groups in total. The number of benzene rings is 1. The van der Waals surface area contributed by atoms with Gasteiger partial charge in [0.05, 0.1) is 19.8 Å². The number of carbonyl (C=O) groups excluding carboxylic acids is 2. The Hall–Kier alpha value is -2.08. The van der Waals surface area contributed by atoms with Gasteiger partial charge in [0.25, 0.3) is 0 Å². The average Bonchev–Trinajstić information content (AvgIpc) is 2.69. The summed E-state index contributed by atoms with van der Waals surface area (Å²) in [6.07, 6.45) is 5.42. The molecule has 1 atom stereocenters. The van der Waals surface area contributed by atoms with E-state index in [4.69, 9.17) is 14.2 Å². The van der Waals surface area contributed by atoms with Crippen molar-refractivity contribution in [3.05, 3.63) is 29.3 Å². The lowest BCUT2D eigenvalue weighted by molar-refractivity contribution is -0.155. The van der Waals surface area contributed by atoms with E-state index in [1.807, 2.05) is 0 Å². The highest BCUT2D eigenvalue weighted by Gasteiger charge is 2.21. The predicted molar refractivity (Wildman–Crippen MR) is 110 cm³/mol. The first-order valence-electron chi connectivity index (χ1n) is 10.4. The summed E-state index contributed by atoms with van der Waals surface area (Å²) < 4.78 is 16.1. The molecule has 2 rings (SSSR count). The summed E-state index contributed by atoms with van der Waals surface area (Å²) in [5.74, 6) is 0.0980. The van der Waals surface area contributed by atoms with E-state index < -0.39 is 17.7 Å². The molecule has 0 aliphatic heterocycles. The zero-order valence-corrected chi connectivity index (χ0v) is 18.0. The van der Waals surface area contributed by atoms with Gasteiger partial charge in [-0.2, -0.15) is 0 Å². The molecular formula is C23H34O6. The number of esters is 2. The Kier molecular flexibility index (Phi) is 8.50. The number of aliphatic hydroxyl groups excluding tert-OH is 1. The molecule has 1 saturated carbocycles. The fourth-order valence-electron chi connectivity index (χ4n) is 3.53. The number of ether oxygens (including phenoxy) is 3. The van der Waals surface area contributed by atoms with Gasteiger partial charge in [0, 0.05) is 6.42 Å². The molecular weight excluding hydrogens is 372 g/mol. The van der Waals surface area contributed by atoms with Crippen LogP contribution in [0, 0.1) is 5.92 Å². The number of rotatable bonds is 8. The normalized spacial score (nSPS) is 16.2. The van der Waals surface area contributed by atoms with Crippen molar-refractivity contribution in [2.75, 3.05) is 13.7 Å². The Labute approximate surface area is 173 Å². The van der Waals surface area contributed by atoms with E-state index in [1.165, 1.54) is 26.4 Å². The molecule has 6 nitrogen and oxygen atoms in total. The topological polar surface area (TPSA) is 82.1 Å². The van der Waals surface area contributed by atoms with Crippen molar-refractivity contribution in [2.24, 2.45) is 5.92 Å². The lowest BCUT2D eigenvalue weighted by Gasteiger charge is -2.22. The second kappa shape index (κ2) is 10.6. The molecule has 0 bridgehead atoms. The van der Waals surface area contributed by atoms with Crippen LogP contribution >= 0.6 is 0 Å². The zero-order valence-electron chi connectivity index (χ0n) is 18.0. The number of hydrogen-bond donors (Lipinski definition) is 1. The van der Waals surface area contributed by atoms with Crippen LogP contribution in [0.4, 0.5) is 0 Å². The van der Waals surface area contributed by atoms with Crippen LogP contribution in [0.2, 0.25) is 0 Å². The van der Waals surface area contributed by atoms with Crippen molar-refractivity contribution < 1.29 is 28.9 Å². The van der Waals surface area contributed by atoms with Crippen LogP contribution in [0.15, 0.2) is 18.2 Å². The molecule has 0 spiro atoms. The third kappa shape index (κ3) is 7.69. The van der Waals surface area contributed by atoms with Crippen molar-refractivity contribution in [3.63, 3.8) is 0 Å². The molecule has 1 fully saturated rings. The first kappa shape index (κ1) is 23.2. The zero-order chi connectivity index (χ0) is 21.4. The molecule has 1 aromatic rings. The lowest BCUT2D eigenvalue weighted by Crippen LogP contribution is -2.24. The van der Waals surface area contributed by atoms with Gasteiger partial charge >= 0.3 is 11.9 Å². The first-order valence-corrected chi connectivity index (χ1v) is 10.4. The minimum atomic E-state index is -0.890. The molecule has 162 valence electrons. The van der Waals surface area contributed by atoms with Gasteiger partial charge in [0.1, 0.15) is 16.9 Å². The Morgan fingerprint density at radius 3 is 2.48 bits per heavy atom. The van der Waals surface area contributed by atoms with Gasteiger partial charge in [0.2, 0.25) is 0 Å². The van der Waals surface area contributed by atoms with E-state index in [2.05, 4.69) is 0 Å². The van der Waals surface area contributed by atoms with Gasteiger partial charge in [-0.15, -0.1) is 0 Å². The maximum absolute atomic E-state index is 12.2. The fourth-order valence-corrected chi connectivity index (χ4v) is 3.53. The summed E-state index contributed by atoms with van der Waals surface area (Å²) in [7, 11) is 1.32. The van der Waals surface area contributed by atoms with Crippen LogP contribution in [-0.2, 0) is 14.3 Å². The Morgan fingerprint density at radius 1 is 1.17 bits per heavy atom. The summed E-state index contributed by atoms with van der Waals surface area (Å²) >= 11 is 0. The number of carbonyl (C=O) groups is 2. The summed E-state index contributed by atoms with van der Waals surface area (Å²) in [4.78, 5) is 24.1.